The zero-order valence-corrected chi connectivity index (χ0v) is 15.2. The quantitative estimate of drug-likeness (QED) is 0.809. The van der Waals surface area contributed by atoms with Crippen molar-refractivity contribution >= 4 is 16.5 Å². The molecule has 0 spiro atoms. The molecule has 0 aliphatic carbocycles. The van der Waals surface area contributed by atoms with Crippen LogP contribution < -0.4 is 10.2 Å². The molecule has 0 atom stereocenters. The SMILES string of the molecule is CCC(C)(C)N(C)c1nc(C(C)C)c(CNC(C)C)s1. The molecular weight excluding hydrogens is 266 g/mol. The van der Waals surface area contributed by atoms with Crippen LogP contribution in [0.3, 0.4) is 0 Å². The number of rotatable bonds is 7. The molecule has 0 aliphatic rings. The normalized spacial score (nSPS) is 12.5. The number of nitrogens with one attached hydrogen (secondary N) is 1. The van der Waals surface area contributed by atoms with Crippen molar-refractivity contribution in [1.82, 2.24) is 10.3 Å². The average Bonchev–Trinajstić information content (AvgIpc) is 2.79. The van der Waals surface area contributed by atoms with Crippen LogP contribution >= 0.6 is 11.3 Å². The molecular formula is C16H31N3S. The van der Waals surface area contributed by atoms with Crippen molar-refractivity contribution < 1.29 is 0 Å². The van der Waals surface area contributed by atoms with Gasteiger partial charge in [0, 0.05) is 30.1 Å². The van der Waals surface area contributed by atoms with Crippen LogP contribution in [0.5, 0.6) is 0 Å². The third kappa shape index (κ3) is 4.19. The topological polar surface area (TPSA) is 28.2 Å². The molecule has 0 radical (unpaired) electrons. The zero-order valence-electron chi connectivity index (χ0n) is 14.4. The summed E-state index contributed by atoms with van der Waals surface area (Å²) in [5.74, 6) is 0.474. The van der Waals surface area contributed by atoms with Crippen molar-refractivity contribution in [2.45, 2.75) is 78.9 Å². The monoisotopic (exact) mass is 297 g/mol. The predicted octanol–water partition coefficient (Wildman–Crippen LogP) is 4.39. The maximum absolute atomic E-state index is 4.91. The van der Waals surface area contributed by atoms with Crippen LogP contribution in [0.1, 0.15) is 71.4 Å². The first-order chi connectivity index (χ1) is 9.19. The van der Waals surface area contributed by atoms with E-state index >= 15 is 0 Å². The highest BCUT2D eigenvalue weighted by molar-refractivity contribution is 7.15. The summed E-state index contributed by atoms with van der Waals surface area (Å²) in [6, 6.07) is 0.505. The first-order valence-electron chi connectivity index (χ1n) is 7.65. The van der Waals surface area contributed by atoms with Crippen LogP contribution in [0.4, 0.5) is 5.13 Å². The van der Waals surface area contributed by atoms with Gasteiger partial charge in [-0.15, -0.1) is 11.3 Å². The summed E-state index contributed by atoms with van der Waals surface area (Å²) in [6.45, 7) is 16.5. The highest BCUT2D eigenvalue weighted by Gasteiger charge is 2.25. The van der Waals surface area contributed by atoms with Crippen molar-refractivity contribution in [3.05, 3.63) is 10.6 Å². The van der Waals surface area contributed by atoms with Crippen molar-refractivity contribution in [3.8, 4) is 0 Å². The van der Waals surface area contributed by atoms with E-state index in [0.717, 1.165) is 18.1 Å². The Morgan fingerprint density at radius 3 is 2.30 bits per heavy atom. The van der Waals surface area contributed by atoms with Gasteiger partial charge in [0.1, 0.15) is 0 Å². The molecule has 0 unspecified atom stereocenters. The Morgan fingerprint density at radius 1 is 1.25 bits per heavy atom. The summed E-state index contributed by atoms with van der Waals surface area (Å²) in [5.41, 5.74) is 1.39. The molecule has 0 saturated heterocycles. The fraction of sp³-hybridized carbons (Fsp3) is 0.812. The molecule has 0 aromatic carbocycles. The molecule has 4 heteroatoms. The number of hydrogen-bond acceptors (Lipinski definition) is 4. The first-order valence-corrected chi connectivity index (χ1v) is 8.47. The van der Waals surface area contributed by atoms with Gasteiger partial charge in [-0.1, -0.05) is 34.6 Å². The van der Waals surface area contributed by atoms with Gasteiger partial charge >= 0.3 is 0 Å². The summed E-state index contributed by atoms with van der Waals surface area (Å²) in [7, 11) is 2.16. The Hall–Kier alpha value is -0.610. The Balaban J connectivity index is 3.02. The second-order valence-electron chi connectivity index (χ2n) is 6.72. The first kappa shape index (κ1) is 17.4. The van der Waals surface area contributed by atoms with Gasteiger partial charge in [0.25, 0.3) is 0 Å². The zero-order chi connectivity index (χ0) is 15.5. The molecule has 1 N–H and O–H groups in total. The highest BCUT2D eigenvalue weighted by Crippen LogP contribution is 2.34. The molecule has 116 valence electrons. The van der Waals surface area contributed by atoms with Crippen molar-refractivity contribution in [1.29, 1.82) is 0 Å². The van der Waals surface area contributed by atoms with Gasteiger partial charge in [-0.25, -0.2) is 4.98 Å². The van der Waals surface area contributed by atoms with E-state index in [-0.39, 0.29) is 5.54 Å². The molecule has 0 fully saturated rings. The Morgan fingerprint density at radius 2 is 1.85 bits per heavy atom. The van der Waals surface area contributed by atoms with E-state index in [1.807, 2.05) is 11.3 Å². The number of aromatic nitrogens is 1. The fourth-order valence-electron chi connectivity index (χ4n) is 1.86. The number of nitrogens with zero attached hydrogens (tertiary/aromatic N) is 2. The summed E-state index contributed by atoms with van der Waals surface area (Å²) < 4.78 is 0. The van der Waals surface area contributed by atoms with Gasteiger partial charge < -0.3 is 10.2 Å². The van der Waals surface area contributed by atoms with Crippen LogP contribution in [-0.4, -0.2) is 23.6 Å². The standard InChI is InChI=1S/C16H31N3S/c1-9-16(6,7)19(8)15-18-14(11(2)3)13(20-15)10-17-12(4)5/h11-12,17H,9-10H2,1-8H3. The smallest absolute Gasteiger partial charge is 0.186 e. The van der Waals surface area contributed by atoms with Crippen LogP contribution in [0.15, 0.2) is 0 Å². The van der Waals surface area contributed by atoms with Gasteiger partial charge in [0.2, 0.25) is 0 Å². The fourth-order valence-corrected chi connectivity index (χ4v) is 3.15. The van der Waals surface area contributed by atoms with Crippen LogP contribution in [-0.2, 0) is 6.54 Å². The molecule has 20 heavy (non-hydrogen) atoms. The number of thiazole rings is 1. The summed E-state index contributed by atoms with van der Waals surface area (Å²) in [5, 5.41) is 4.65. The molecule has 0 saturated carbocycles. The lowest BCUT2D eigenvalue weighted by Gasteiger charge is -2.34. The molecule has 0 amide bonds. The van der Waals surface area contributed by atoms with E-state index in [0.29, 0.717) is 12.0 Å². The van der Waals surface area contributed by atoms with E-state index in [2.05, 4.69) is 65.7 Å². The Kier molecular flexibility index (Phi) is 6.02. The van der Waals surface area contributed by atoms with Gasteiger partial charge in [0.05, 0.1) is 5.69 Å². The van der Waals surface area contributed by atoms with E-state index in [1.54, 1.807) is 0 Å². The third-order valence-electron chi connectivity index (χ3n) is 3.99. The van der Waals surface area contributed by atoms with Crippen molar-refractivity contribution in [3.63, 3.8) is 0 Å². The minimum absolute atomic E-state index is 0.148. The van der Waals surface area contributed by atoms with Gasteiger partial charge in [-0.05, 0) is 26.2 Å². The van der Waals surface area contributed by atoms with Crippen LogP contribution in [0, 0.1) is 0 Å². The number of hydrogen-bond donors (Lipinski definition) is 1. The summed E-state index contributed by atoms with van der Waals surface area (Å²) in [6.07, 6.45) is 1.11. The minimum Gasteiger partial charge on any atom is -0.346 e. The molecule has 1 rings (SSSR count). The second kappa shape index (κ2) is 6.90. The lowest BCUT2D eigenvalue weighted by Crippen LogP contribution is -2.40. The Bertz CT molecular complexity index is 421. The number of anilines is 1. The summed E-state index contributed by atoms with van der Waals surface area (Å²) >= 11 is 1.83. The largest absolute Gasteiger partial charge is 0.346 e. The maximum atomic E-state index is 4.91. The molecule has 1 aromatic rings. The van der Waals surface area contributed by atoms with Gasteiger partial charge in [-0.3, -0.25) is 0 Å². The van der Waals surface area contributed by atoms with E-state index in [9.17, 15) is 0 Å². The van der Waals surface area contributed by atoms with Gasteiger partial charge in [-0.2, -0.15) is 0 Å². The lowest BCUT2D eigenvalue weighted by molar-refractivity contribution is 0.469. The predicted molar refractivity (Wildman–Crippen MR) is 91.0 cm³/mol. The molecule has 3 nitrogen and oxygen atoms in total. The van der Waals surface area contributed by atoms with Crippen molar-refractivity contribution in [2.24, 2.45) is 0 Å². The third-order valence-corrected chi connectivity index (χ3v) is 5.14. The second-order valence-corrected chi connectivity index (χ2v) is 7.78. The van der Waals surface area contributed by atoms with Crippen LogP contribution in [0.25, 0.3) is 0 Å². The van der Waals surface area contributed by atoms with Gasteiger partial charge in [0.15, 0.2) is 5.13 Å². The molecule has 0 aliphatic heterocycles. The molecule has 1 heterocycles. The van der Waals surface area contributed by atoms with E-state index in [1.165, 1.54) is 10.6 Å². The summed E-state index contributed by atoms with van der Waals surface area (Å²) in [4.78, 5) is 8.61. The minimum atomic E-state index is 0.148. The maximum Gasteiger partial charge on any atom is 0.186 e. The Labute approximate surface area is 128 Å². The van der Waals surface area contributed by atoms with Crippen molar-refractivity contribution in [2.75, 3.05) is 11.9 Å². The van der Waals surface area contributed by atoms with Crippen LogP contribution in [0.2, 0.25) is 0 Å². The highest BCUT2D eigenvalue weighted by atomic mass is 32.1. The molecule has 0 bridgehead atoms. The molecule has 1 aromatic heterocycles. The van der Waals surface area contributed by atoms with E-state index in [4.69, 9.17) is 4.98 Å². The van der Waals surface area contributed by atoms with E-state index < -0.39 is 0 Å². The average molecular weight is 298 g/mol. The lowest BCUT2D eigenvalue weighted by atomic mass is 10.0.